The monoisotopic (exact) mass is 529 g/mol. The summed E-state index contributed by atoms with van der Waals surface area (Å²) in [5, 5.41) is 0.324. The zero-order valence-corrected chi connectivity index (χ0v) is 20.2. The van der Waals surface area contributed by atoms with Crippen molar-refractivity contribution >= 4 is 52.4 Å². The zero-order chi connectivity index (χ0) is 24.6. The van der Waals surface area contributed by atoms with Gasteiger partial charge in [0.1, 0.15) is 5.69 Å². The summed E-state index contributed by atoms with van der Waals surface area (Å²) in [6.45, 7) is 0. The van der Waals surface area contributed by atoms with E-state index >= 15 is 0 Å². The lowest BCUT2D eigenvalue weighted by molar-refractivity contribution is -0.141. The molecule has 0 spiro atoms. The quantitative estimate of drug-likeness (QED) is 0.200. The molecular formula is C25H15ClF3N3OS2. The summed E-state index contributed by atoms with van der Waals surface area (Å²) in [5.41, 5.74) is 0.954. The van der Waals surface area contributed by atoms with Crippen molar-refractivity contribution in [3.63, 3.8) is 0 Å². The molecule has 0 atom stereocenters. The Morgan fingerprint density at radius 2 is 1.51 bits per heavy atom. The van der Waals surface area contributed by atoms with Crippen LogP contribution in [0.4, 0.5) is 24.5 Å². The number of nitrogens with zero attached hydrogens (tertiary/aromatic N) is 3. The van der Waals surface area contributed by atoms with Crippen LogP contribution in [-0.4, -0.2) is 21.6 Å². The van der Waals surface area contributed by atoms with Gasteiger partial charge >= 0.3 is 6.18 Å². The highest BCUT2D eigenvalue weighted by atomic mass is 35.5. The van der Waals surface area contributed by atoms with E-state index in [4.69, 9.17) is 11.6 Å². The van der Waals surface area contributed by atoms with E-state index in [1.54, 1.807) is 40.9 Å². The van der Waals surface area contributed by atoms with Crippen molar-refractivity contribution in [2.75, 3.05) is 10.7 Å². The average Bonchev–Trinajstić information content (AvgIpc) is 2.85. The largest absolute Gasteiger partial charge is 0.433 e. The third-order valence-corrected chi connectivity index (χ3v) is 7.36. The minimum Gasteiger partial charge on any atom is -0.278 e. The highest BCUT2D eigenvalue weighted by molar-refractivity contribution is 8.00. The van der Waals surface area contributed by atoms with Crippen molar-refractivity contribution in [2.45, 2.75) is 21.1 Å². The number of amides is 1. The summed E-state index contributed by atoms with van der Waals surface area (Å²) in [6.07, 6.45) is -4.66. The van der Waals surface area contributed by atoms with Crippen LogP contribution in [0.5, 0.6) is 0 Å². The maximum absolute atomic E-state index is 13.6. The van der Waals surface area contributed by atoms with Crippen LogP contribution >= 0.6 is 35.1 Å². The van der Waals surface area contributed by atoms with Crippen molar-refractivity contribution in [3.8, 4) is 11.3 Å². The molecule has 0 radical (unpaired) electrons. The number of rotatable bonds is 4. The molecule has 0 bridgehead atoms. The summed E-state index contributed by atoms with van der Waals surface area (Å²) < 4.78 is 40.7. The van der Waals surface area contributed by atoms with Crippen molar-refractivity contribution in [2.24, 2.45) is 0 Å². The van der Waals surface area contributed by atoms with E-state index in [0.29, 0.717) is 10.6 Å². The molecule has 1 amide bonds. The minimum atomic E-state index is -4.66. The van der Waals surface area contributed by atoms with Gasteiger partial charge < -0.3 is 0 Å². The topological polar surface area (TPSA) is 46.1 Å². The molecule has 0 unspecified atom stereocenters. The second-order valence-electron chi connectivity index (χ2n) is 7.48. The Balaban J connectivity index is 1.45. The molecule has 1 aliphatic heterocycles. The molecule has 0 aliphatic carbocycles. The summed E-state index contributed by atoms with van der Waals surface area (Å²) in [7, 11) is 0. The Labute approximate surface area is 212 Å². The molecule has 4 aromatic rings. The van der Waals surface area contributed by atoms with Gasteiger partial charge in [-0.1, -0.05) is 71.5 Å². The van der Waals surface area contributed by atoms with Crippen LogP contribution in [0.25, 0.3) is 11.3 Å². The molecular weight excluding hydrogens is 515 g/mol. The Hall–Kier alpha value is -3.01. The number of para-hydroxylation sites is 2. The summed E-state index contributed by atoms with van der Waals surface area (Å²) in [4.78, 5) is 24.8. The van der Waals surface area contributed by atoms with Crippen molar-refractivity contribution in [1.82, 2.24) is 9.97 Å². The van der Waals surface area contributed by atoms with Gasteiger partial charge in [-0.2, -0.15) is 13.2 Å². The van der Waals surface area contributed by atoms with Gasteiger partial charge in [0.2, 0.25) is 5.91 Å². The number of carbonyl (C=O) groups is 1. The summed E-state index contributed by atoms with van der Waals surface area (Å²) in [5.74, 6) is -0.432. The van der Waals surface area contributed by atoms with Gasteiger partial charge in [-0.15, -0.1) is 0 Å². The predicted octanol–water partition coefficient (Wildman–Crippen LogP) is 7.74. The number of aromatic nitrogens is 2. The van der Waals surface area contributed by atoms with Crippen molar-refractivity contribution in [1.29, 1.82) is 0 Å². The van der Waals surface area contributed by atoms with Gasteiger partial charge in [0.25, 0.3) is 0 Å². The van der Waals surface area contributed by atoms with Crippen LogP contribution in [0, 0.1) is 0 Å². The second-order valence-corrected chi connectivity index (χ2v) is 9.94. The van der Waals surface area contributed by atoms with E-state index in [2.05, 4.69) is 9.97 Å². The first-order valence-electron chi connectivity index (χ1n) is 10.3. The molecule has 5 rings (SSSR count). The first-order chi connectivity index (χ1) is 16.8. The first-order valence-corrected chi connectivity index (χ1v) is 12.5. The molecule has 2 heterocycles. The number of alkyl halides is 3. The van der Waals surface area contributed by atoms with Gasteiger partial charge in [0.05, 0.1) is 22.8 Å². The number of anilines is 2. The number of thioether (sulfide) groups is 1. The van der Waals surface area contributed by atoms with Crippen LogP contribution in [0.1, 0.15) is 5.69 Å². The molecule has 4 nitrogen and oxygen atoms in total. The lowest BCUT2D eigenvalue weighted by atomic mass is 10.1. The number of fused-ring (bicyclic) bond motifs is 2. The summed E-state index contributed by atoms with van der Waals surface area (Å²) in [6, 6.07) is 22.2. The lowest BCUT2D eigenvalue weighted by Crippen LogP contribution is -2.30. The van der Waals surface area contributed by atoms with E-state index in [-0.39, 0.29) is 22.5 Å². The van der Waals surface area contributed by atoms with Crippen LogP contribution in [0.3, 0.4) is 0 Å². The molecule has 0 fully saturated rings. The third kappa shape index (κ3) is 5.03. The Bertz CT molecular complexity index is 1370. The molecule has 176 valence electrons. The van der Waals surface area contributed by atoms with Crippen LogP contribution in [-0.2, 0) is 11.0 Å². The molecule has 3 aromatic carbocycles. The molecule has 0 saturated carbocycles. The molecule has 1 aromatic heterocycles. The predicted molar refractivity (Wildman–Crippen MR) is 132 cm³/mol. The maximum Gasteiger partial charge on any atom is 0.433 e. The Morgan fingerprint density at radius 1 is 0.914 bits per heavy atom. The van der Waals surface area contributed by atoms with Crippen LogP contribution in [0.15, 0.2) is 93.8 Å². The zero-order valence-electron chi connectivity index (χ0n) is 17.8. The average molecular weight is 530 g/mol. The standard InChI is InChI=1S/C25H15ClF3N3OS2/c26-16-11-9-15(10-12-16)17-13-22(25(27,28)29)31-24(30-17)34-14-23(33)32-18-5-1-3-7-20(18)35-21-8-4-2-6-19(21)32/h1-13H,14H2. The second kappa shape index (κ2) is 9.56. The van der Waals surface area contributed by atoms with Gasteiger partial charge in [-0.25, -0.2) is 9.97 Å². The molecule has 1 aliphatic rings. The molecule has 35 heavy (non-hydrogen) atoms. The van der Waals surface area contributed by atoms with Gasteiger partial charge in [-0.3, -0.25) is 9.69 Å². The number of carbonyl (C=O) groups excluding carboxylic acids is 1. The molecule has 0 N–H and O–H groups in total. The van der Waals surface area contributed by atoms with Crippen LogP contribution in [0.2, 0.25) is 5.02 Å². The van der Waals surface area contributed by atoms with E-state index in [1.807, 2.05) is 48.5 Å². The number of halogens is 4. The molecule has 10 heteroatoms. The van der Waals surface area contributed by atoms with Crippen molar-refractivity contribution < 1.29 is 18.0 Å². The molecule has 0 saturated heterocycles. The van der Waals surface area contributed by atoms with E-state index in [9.17, 15) is 18.0 Å². The summed E-state index contributed by atoms with van der Waals surface area (Å²) >= 11 is 8.34. The highest BCUT2D eigenvalue weighted by Gasteiger charge is 2.34. The fourth-order valence-electron chi connectivity index (χ4n) is 3.57. The normalized spacial score (nSPS) is 12.7. The fraction of sp³-hybridized carbons (Fsp3) is 0.0800. The maximum atomic E-state index is 13.6. The van der Waals surface area contributed by atoms with Crippen molar-refractivity contribution in [3.05, 3.63) is 89.6 Å². The number of benzene rings is 3. The number of hydrogen-bond donors (Lipinski definition) is 0. The Kier molecular flexibility index (Phi) is 6.48. The first kappa shape index (κ1) is 23.7. The van der Waals surface area contributed by atoms with Gasteiger partial charge in [-0.05, 0) is 42.5 Å². The van der Waals surface area contributed by atoms with Gasteiger partial charge in [0.15, 0.2) is 5.16 Å². The van der Waals surface area contributed by atoms with Gasteiger partial charge in [0, 0.05) is 20.4 Å². The number of hydrogen-bond acceptors (Lipinski definition) is 5. The van der Waals surface area contributed by atoms with E-state index in [1.165, 1.54) is 0 Å². The van der Waals surface area contributed by atoms with E-state index < -0.39 is 11.9 Å². The highest BCUT2D eigenvalue weighted by Crippen LogP contribution is 2.48. The van der Waals surface area contributed by atoms with E-state index in [0.717, 1.165) is 39.0 Å². The van der Waals surface area contributed by atoms with Crippen LogP contribution < -0.4 is 4.90 Å². The third-order valence-electron chi connectivity index (χ3n) is 5.14. The SMILES string of the molecule is O=C(CSc1nc(-c2ccc(Cl)cc2)cc(C(F)(F)F)n1)N1c2ccccc2Sc2ccccc21. The fourth-order valence-corrected chi connectivity index (χ4v) is 5.46. The lowest BCUT2D eigenvalue weighted by Gasteiger charge is -2.30. The Morgan fingerprint density at radius 3 is 2.11 bits per heavy atom. The minimum absolute atomic E-state index is 0.101. The smallest absolute Gasteiger partial charge is 0.278 e.